The fourth-order valence-corrected chi connectivity index (χ4v) is 2.72. The average molecular weight is 266 g/mol. The Labute approximate surface area is 106 Å². The maximum atomic E-state index is 11.3. The van der Waals surface area contributed by atoms with Crippen molar-refractivity contribution >= 4 is 34.0 Å². The van der Waals surface area contributed by atoms with Gasteiger partial charge in [0, 0.05) is 24.7 Å². The van der Waals surface area contributed by atoms with Crippen LogP contribution in [0.4, 0.5) is 5.82 Å². The van der Waals surface area contributed by atoms with E-state index in [0.717, 1.165) is 0 Å². The van der Waals surface area contributed by atoms with Crippen LogP contribution in [0.25, 0.3) is 4.96 Å². The second kappa shape index (κ2) is 3.98. The fraction of sp³-hybridized carbons (Fsp3) is 0.300. The van der Waals surface area contributed by atoms with Gasteiger partial charge in [0.25, 0.3) is 0 Å². The molecule has 18 heavy (non-hydrogen) atoms. The largest absolute Gasteiger partial charge is 0.476 e. The SMILES string of the molecule is O=C1CN(c2nc3sccn3c2C(=O)O)CCN1. The highest BCUT2D eigenvalue weighted by atomic mass is 32.1. The number of hydrogen-bond donors (Lipinski definition) is 2. The van der Waals surface area contributed by atoms with Crippen molar-refractivity contribution in [1.29, 1.82) is 0 Å². The predicted molar refractivity (Wildman–Crippen MR) is 65.3 cm³/mol. The molecule has 0 aromatic carbocycles. The van der Waals surface area contributed by atoms with E-state index >= 15 is 0 Å². The van der Waals surface area contributed by atoms with Crippen LogP contribution >= 0.6 is 11.3 Å². The summed E-state index contributed by atoms with van der Waals surface area (Å²) in [6.45, 7) is 1.21. The molecule has 1 amide bonds. The van der Waals surface area contributed by atoms with Crippen molar-refractivity contribution < 1.29 is 14.7 Å². The van der Waals surface area contributed by atoms with Crippen LogP contribution in [0.3, 0.4) is 0 Å². The summed E-state index contributed by atoms with van der Waals surface area (Å²) in [4.78, 5) is 29.3. The van der Waals surface area contributed by atoms with Gasteiger partial charge in [-0.2, -0.15) is 0 Å². The molecule has 1 saturated heterocycles. The molecule has 2 aromatic rings. The van der Waals surface area contributed by atoms with Gasteiger partial charge >= 0.3 is 5.97 Å². The van der Waals surface area contributed by atoms with Gasteiger partial charge in [0.05, 0.1) is 6.54 Å². The minimum absolute atomic E-state index is 0.112. The number of thiazole rings is 1. The van der Waals surface area contributed by atoms with E-state index in [2.05, 4.69) is 10.3 Å². The van der Waals surface area contributed by atoms with Gasteiger partial charge in [-0.05, 0) is 0 Å². The van der Waals surface area contributed by atoms with Crippen LogP contribution in [0, 0.1) is 0 Å². The third-order valence-electron chi connectivity index (χ3n) is 2.78. The Bertz CT molecular complexity index is 632. The van der Waals surface area contributed by atoms with Crippen molar-refractivity contribution in [3.05, 3.63) is 17.3 Å². The highest BCUT2D eigenvalue weighted by Crippen LogP contribution is 2.25. The second-order valence-electron chi connectivity index (χ2n) is 3.92. The molecular weight excluding hydrogens is 256 g/mol. The number of anilines is 1. The van der Waals surface area contributed by atoms with Gasteiger partial charge in [0.2, 0.25) is 5.91 Å². The predicted octanol–water partition coefficient (Wildman–Crippen LogP) is 0.0302. The van der Waals surface area contributed by atoms with Gasteiger partial charge in [-0.1, -0.05) is 0 Å². The van der Waals surface area contributed by atoms with Crippen LogP contribution < -0.4 is 10.2 Å². The highest BCUT2D eigenvalue weighted by Gasteiger charge is 2.26. The second-order valence-corrected chi connectivity index (χ2v) is 4.79. The van der Waals surface area contributed by atoms with E-state index < -0.39 is 5.97 Å². The molecule has 8 heteroatoms. The minimum Gasteiger partial charge on any atom is -0.476 e. The first-order chi connectivity index (χ1) is 8.66. The molecule has 0 unspecified atom stereocenters. The number of carboxylic acids is 1. The van der Waals surface area contributed by atoms with Gasteiger partial charge < -0.3 is 15.3 Å². The standard InChI is InChI=1S/C10H10N4O3S/c15-6-5-13(2-1-11-6)8-7(9(16)17)14-3-4-18-10(14)12-8/h3-4H,1-2,5H2,(H,11,15)(H,16,17). The smallest absolute Gasteiger partial charge is 0.356 e. The zero-order valence-electron chi connectivity index (χ0n) is 9.29. The Morgan fingerprint density at radius 2 is 2.39 bits per heavy atom. The number of aromatic carboxylic acids is 1. The first-order valence-corrected chi connectivity index (χ1v) is 6.25. The summed E-state index contributed by atoms with van der Waals surface area (Å²) in [5.74, 6) is -0.792. The third-order valence-corrected chi connectivity index (χ3v) is 3.54. The molecule has 3 heterocycles. The van der Waals surface area contributed by atoms with Gasteiger partial charge in [-0.25, -0.2) is 9.78 Å². The normalized spacial score (nSPS) is 16.0. The molecule has 0 bridgehead atoms. The summed E-state index contributed by atoms with van der Waals surface area (Å²) in [7, 11) is 0. The number of piperazine rings is 1. The average Bonchev–Trinajstić information content (AvgIpc) is 2.87. The lowest BCUT2D eigenvalue weighted by Crippen LogP contribution is -2.48. The van der Waals surface area contributed by atoms with Crippen LogP contribution in [0.2, 0.25) is 0 Å². The zero-order valence-corrected chi connectivity index (χ0v) is 10.1. The maximum Gasteiger partial charge on any atom is 0.356 e. The number of carbonyl (C=O) groups is 2. The third kappa shape index (κ3) is 1.61. The van der Waals surface area contributed by atoms with Crippen molar-refractivity contribution in [2.24, 2.45) is 0 Å². The Hall–Kier alpha value is -2.09. The minimum atomic E-state index is -1.04. The molecule has 7 nitrogen and oxygen atoms in total. The van der Waals surface area contributed by atoms with Crippen LogP contribution in [0.15, 0.2) is 11.6 Å². The van der Waals surface area contributed by atoms with Gasteiger partial charge in [-0.3, -0.25) is 9.20 Å². The van der Waals surface area contributed by atoms with Crippen molar-refractivity contribution in [3.63, 3.8) is 0 Å². The van der Waals surface area contributed by atoms with E-state index in [1.54, 1.807) is 16.5 Å². The first-order valence-electron chi connectivity index (χ1n) is 5.37. The molecule has 1 aliphatic heterocycles. The maximum absolute atomic E-state index is 11.3. The van der Waals surface area contributed by atoms with Crippen LogP contribution in [0.5, 0.6) is 0 Å². The number of amides is 1. The zero-order chi connectivity index (χ0) is 12.7. The van der Waals surface area contributed by atoms with E-state index in [4.69, 9.17) is 0 Å². The first kappa shape index (κ1) is 11.0. The lowest BCUT2D eigenvalue weighted by atomic mass is 10.3. The molecule has 0 saturated carbocycles. The van der Waals surface area contributed by atoms with Gasteiger partial charge in [-0.15, -0.1) is 11.3 Å². The van der Waals surface area contributed by atoms with Crippen LogP contribution in [0.1, 0.15) is 10.5 Å². The number of hydrogen-bond acceptors (Lipinski definition) is 5. The number of rotatable bonds is 2. The van der Waals surface area contributed by atoms with Crippen molar-refractivity contribution in [1.82, 2.24) is 14.7 Å². The summed E-state index contributed by atoms with van der Waals surface area (Å²) in [5, 5.41) is 13.8. The molecule has 2 aromatic heterocycles. The number of carboxylic acid groups (broad SMARTS) is 1. The van der Waals surface area contributed by atoms with Crippen LogP contribution in [-0.2, 0) is 4.79 Å². The van der Waals surface area contributed by atoms with E-state index in [9.17, 15) is 14.7 Å². The molecule has 94 valence electrons. The van der Waals surface area contributed by atoms with E-state index in [0.29, 0.717) is 23.9 Å². The lowest BCUT2D eigenvalue weighted by Gasteiger charge is -2.26. The summed E-state index contributed by atoms with van der Waals surface area (Å²) < 4.78 is 1.54. The van der Waals surface area contributed by atoms with E-state index in [1.165, 1.54) is 15.7 Å². The molecular formula is C10H10N4O3S. The number of carbonyl (C=O) groups excluding carboxylic acids is 1. The monoisotopic (exact) mass is 266 g/mol. The number of nitrogens with zero attached hydrogens (tertiary/aromatic N) is 3. The Morgan fingerprint density at radius 3 is 3.11 bits per heavy atom. The van der Waals surface area contributed by atoms with E-state index in [-0.39, 0.29) is 18.1 Å². The van der Waals surface area contributed by atoms with Crippen molar-refractivity contribution in [2.45, 2.75) is 0 Å². The highest BCUT2D eigenvalue weighted by molar-refractivity contribution is 7.15. The van der Waals surface area contributed by atoms with Crippen molar-refractivity contribution in [2.75, 3.05) is 24.5 Å². The fourth-order valence-electron chi connectivity index (χ4n) is 2.01. The molecule has 0 radical (unpaired) electrons. The summed E-state index contributed by atoms with van der Waals surface area (Å²) in [5.41, 5.74) is 0.112. The molecule has 3 rings (SSSR count). The molecule has 0 spiro atoms. The summed E-state index contributed by atoms with van der Waals surface area (Å²) in [6, 6.07) is 0. The number of nitrogens with one attached hydrogen (secondary N) is 1. The molecule has 0 aliphatic carbocycles. The topological polar surface area (TPSA) is 86.9 Å². The number of aromatic nitrogens is 2. The number of fused-ring (bicyclic) bond motifs is 1. The Morgan fingerprint density at radius 1 is 1.56 bits per heavy atom. The molecule has 1 fully saturated rings. The van der Waals surface area contributed by atoms with Crippen LogP contribution in [-0.4, -0.2) is 46.0 Å². The molecule has 0 atom stereocenters. The molecule has 2 N–H and O–H groups in total. The van der Waals surface area contributed by atoms with Crippen molar-refractivity contribution in [3.8, 4) is 0 Å². The summed E-state index contributed by atoms with van der Waals surface area (Å²) in [6.07, 6.45) is 1.67. The number of imidazole rings is 1. The Kier molecular flexibility index (Phi) is 2.44. The van der Waals surface area contributed by atoms with Gasteiger partial charge in [0.1, 0.15) is 0 Å². The Balaban J connectivity index is 2.10. The van der Waals surface area contributed by atoms with Gasteiger partial charge in [0.15, 0.2) is 16.5 Å². The quantitative estimate of drug-likeness (QED) is 0.801. The lowest BCUT2D eigenvalue weighted by molar-refractivity contribution is -0.120. The molecule has 1 aliphatic rings. The summed E-state index contributed by atoms with van der Waals surface area (Å²) >= 11 is 1.37. The van der Waals surface area contributed by atoms with E-state index in [1.807, 2.05) is 0 Å².